The summed E-state index contributed by atoms with van der Waals surface area (Å²) in [6, 6.07) is 0. The fourth-order valence-electron chi connectivity index (χ4n) is 1.18. The van der Waals surface area contributed by atoms with Gasteiger partial charge in [0.25, 0.3) is 0 Å². The largest absolute Gasteiger partial charge is 0.478 e. The van der Waals surface area contributed by atoms with Gasteiger partial charge in [0.15, 0.2) is 0 Å². The van der Waals surface area contributed by atoms with Crippen molar-refractivity contribution in [3.05, 3.63) is 17.5 Å². The van der Waals surface area contributed by atoms with Gasteiger partial charge in [-0.3, -0.25) is 5.10 Å². The molecule has 2 aromatic rings. The number of aromatic amines is 1. The molecule has 0 unspecified atom stereocenters. The molecule has 2 aromatic heterocycles. The Kier molecular flexibility index (Phi) is 2.50. The molecule has 0 spiro atoms. The van der Waals surface area contributed by atoms with Gasteiger partial charge in [0.2, 0.25) is 5.95 Å². The van der Waals surface area contributed by atoms with E-state index in [1.165, 1.54) is 10.9 Å². The van der Waals surface area contributed by atoms with Crippen molar-refractivity contribution in [2.24, 2.45) is 7.05 Å². The maximum absolute atomic E-state index is 10.8. The van der Waals surface area contributed by atoms with E-state index in [2.05, 4.69) is 31.0 Å². The number of rotatable bonds is 4. The summed E-state index contributed by atoms with van der Waals surface area (Å²) in [5, 5.41) is 28.7. The summed E-state index contributed by atoms with van der Waals surface area (Å²) in [6.45, 7) is 0.260. The lowest BCUT2D eigenvalue weighted by Gasteiger charge is -2.02. The van der Waals surface area contributed by atoms with Gasteiger partial charge in [0.1, 0.15) is 5.56 Å². The van der Waals surface area contributed by atoms with Gasteiger partial charge >= 0.3 is 5.97 Å². The van der Waals surface area contributed by atoms with E-state index in [1.807, 2.05) is 0 Å². The molecule has 16 heavy (non-hydrogen) atoms. The summed E-state index contributed by atoms with van der Waals surface area (Å²) in [5.74, 6) is -0.576. The molecule has 0 saturated carbocycles. The predicted molar refractivity (Wildman–Crippen MR) is 51.7 cm³/mol. The summed E-state index contributed by atoms with van der Waals surface area (Å²) in [4.78, 5) is 10.8. The number of anilines is 1. The zero-order valence-electron chi connectivity index (χ0n) is 8.38. The Morgan fingerprint density at radius 2 is 2.50 bits per heavy atom. The fraction of sp³-hybridized carbons (Fsp3) is 0.286. The summed E-state index contributed by atoms with van der Waals surface area (Å²) in [7, 11) is 1.67. The quantitative estimate of drug-likeness (QED) is 0.622. The van der Waals surface area contributed by atoms with Crippen molar-refractivity contribution >= 4 is 11.9 Å². The van der Waals surface area contributed by atoms with Crippen LogP contribution in [0.15, 0.2) is 6.20 Å². The van der Waals surface area contributed by atoms with Gasteiger partial charge in [-0.2, -0.15) is 5.10 Å². The van der Waals surface area contributed by atoms with E-state index in [-0.39, 0.29) is 12.1 Å². The van der Waals surface area contributed by atoms with Gasteiger partial charge in [-0.1, -0.05) is 5.10 Å². The van der Waals surface area contributed by atoms with Crippen LogP contribution in [-0.4, -0.2) is 41.5 Å². The van der Waals surface area contributed by atoms with Crippen LogP contribution in [0, 0.1) is 0 Å². The van der Waals surface area contributed by atoms with Crippen LogP contribution >= 0.6 is 0 Å². The van der Waals surface area contributed by atoms with Crippen LogP contribution in [-0.2, 0) is 13.6 Å². The number of H-pyrrole nitrogens is 1. The zero-order chi connectivity index (χ0) is 11.5. The second-order valence-electron chi connectivity index (χ2n) is 3.05. The highest BCUT2D eigenvalue weighted by Crippen LogP contribution is 2.06. The minimum absolute atomic E-state index is 0.127. The number of nitrogens with one attached hydrogen (secondary N) is 2. The highest BCUT2D eigenvalue weighted by molar-refractivity contribution is 5.88. The number of aromatic nitrogens is 6. The highest BCUT2D eigenvalue weighted by atomic mass is 16.4. The highest BCUT2D eigenvalue weighted by Gasteiger charge is 2.12. The number of aromatic carboxylic acids is 1. The van der Waals surface area contributed by atoms with Gasteiger partial charge < -0.3 is 10.4 Å². The third-order valence-corrected chi connectivity index (χ3v) is 1.99. The Morgan fingerprint density at radius 1 is 1.69 bits per heavy atom. The van der Waals surface area contributed by atoms with Gasteiger partial charge in [-0.25, -0.2) is 9.48 Å². The summed E-state index contributed by atoms with van der Waals surface area (Å²) >= 11 is 0. The Morgan fingerprint density at radius 3 is 3.12 bits per heavy atom. The van der Waals surface area contributed by atoms with Crippen LogP contribution < -0.4 is 5.32 Å². The third-order valence-electron chi connectivity index (χ3n) is 1.99. The van der Waals surface area contributed by atoms with Crippen molar-refractivity contribution in [3.63, 3.8) is 0 Å². The number of carbonyl (C=O) groups is 1. The second-order valence-corrected chi connectivity index (χ2v) is 3.05. The average molecular weight is 223 g/mol. The number of nitrogens with zero attached hydrogens (tertiary/aromatic N) is 5. The van der Waals surface area contributed by atoms with Crippen LogP contribution in [0.3, 0.4) is 0 Å². The van der Waals surface area contributed by atoms with E-state index in [1.54, 1.807) is 7.05 Å². The van der Waals surface area contributed by atoms with Crippen molar-refractivity contribution in [1.82, 2.24) is 30.4 Å². The molecular weight excluding hydrogens is 214 g/mol. The second kappa shape index (κ2) is 3.96. The molecule has 0 aliphatic rings. The van der Waals surface area contributed by atoms with Crippen molar-refractivity contribution in [2.75, 3.05) is 5.32 Å². The molecule has 2 rings (SSSR count). The third kappa shape index (κ3) is 1.82. The molecule has 2 heterocycles. The molecule has 3 N–H and O–H groups in total. The molecule has 0 fully saturated rings. The van der Waals surface area contributed by atoms with E-state index >= 15 is 0 Å². The molecular formula is C7H9N7O2. The number of hydrogen-bond donors (Lipinski definition) is 3. The Hall–Kier alpha value is -2.45. The van der Waals surface area contributed by atoms with Crippen molar-refractivity contribution in [1.29, 1.82) is 0 Å². The van der Waals surface area contributed by atoms with E-state index in [4.69, 9.17) is 5.11 Å². The Bertz CT molecular complexity index is 502. The smallest absolute Gasteiger partial charge is 0.339 e. The van der Waals surface area contributed by atoms with Crippen molar-refractivity contribution in [2.45, 2.75) is 6.54 Å². The first-order chi connectivity index (χ1) is 7.68. The molecule has 9 nitrogen and oxygen atoms in total. The first-order valence-electron chi connectivity index (χ1n) is 4.40. The molecule has 0 aliphatic heterocycles. The molecule has 0 bridgehead atoms. The normalized spacial score (nSPS) is 10.3. The maximum atomic E-state index is 10.8. The molecule has 0 aromatic carbocycles. The topological polar surface area (TPSA) is 122 Å². The van der Waals surface area contributed by atoms with Gasteiger partial charge in [-0.05, 0) is 10.4 Å². The summed E-state index contributed by atoms with van der Waals surface area (Å²) < 4.78 is 1.44. The molecule has 0 aliphatic carbocycles. The summed E-state index contributed by atoms with van der Waals surface area (Å²) in [5.41, 5.74) is 0.595. The van der Waals surface area contributed by atoms with E-state index in [0.29, 0.717) is 11.6 Å². The van der Waals surface area contributed by atoms with Crippen molar-refractivity contribution < 1.29 is 9.90 Å². The number of carboxylic acid groups (broad SMARTS) is 1. The number of aryl methyl sites for hydroxylation is 1. The standard InChI is InChI=1S/C7H9N7O2/c1-14-7(11-12-13-14)8-3-5-4(6(15)16)2-9-10-5/h2H,3H2,1H3,(H,9,10)(H,15,16)(H,8,11,13). The minimum Gasteiger partial charge on any atom is -0.478 e. The van der Waals surface area contributed by atoms with Gasteiger partial charge in [0.05, 0.1) is 18.4 Å². The molecule has 84 valence electrons. The monoisotopic (exact) mass is 223 g/mol. The van der Waals surface area contributed by atoms with Crippen LogP contribution in [0.25, 0.3) is 0 Å². The lowest BCUT2D eigenvalue weighted by Crippen LogP contribution is -2.09. The van der Waals surface area contributed by atoms with Crippen LogP contribution in [0.5, 0.6) is 0 Å². The Labute approximate surface area is 89.5 Å². The first-order valence-corrected chi connectivity index (χ1v) is 4.40. The summed E-state index contributed by atoms with van der Waals surface area (Å²) in [6.07, 6.45) is 1.26. The van der Waals surface area contributed by atoms with E-state index in [9.17, 15) is 4.79 Å². The molecule has 0 radical (unpaired) electrons. The Balaban J connectivity index is 2.08. The molecule has 0 saturated heterocycles. The first kappa shape index (κ1) is 10.1. The lowest BCUT2D eigenvalue weighted by atomic mass is 10.2. The molecule has 0 amide bonds. The lowest BCUT2D eigenvalue weighted by molar-refractivity contribution is 0.0696. The van der Waals surface area contributed by atoms with Gasteiger partial charge in [-0.15, -0.1) is 0 Å². The van der Waals surface area contributed by atoms with Crippen LogP contribution in [0.4, 0.5) is 5.95 Å². The van der Waals surface area contributed by atoms with Crippen molar-refractivity contribution in [3.8, 4) is 0 Å². The average Bonchev–Trinajstić information content (AvgIpc) is 2.83. The van der Waals surface area contributed by atoms with Crippen LogP contribution in [0.1, 0.15) is 16.1 Å². The van der Waals surface area contributed by atoms with E-state index in [0.717, 1.165) is 0 Å². The van der Waals surface area contributed by atoms with E-state index < -0.39 is 5.97 Å². The fourth-order valence-corrected chi connectivity index (χ4v) is 1.18. The van der Waals surface area contributed by atoms with Crippen LogP contribution in [0.2, 0.25) is 0 Å². The minimum atomic E-state index is -1.03. The number of hydrogen-bond acceptors (Lipinski definition) is 6. The number of carboxylic acids is 1. The zero-order valence-corrected chi connectivity index (χ0v) is 8.38. The molecule has 0 atom stereocenters. The SMILES string of the molecule is Cn1nnnc1NCc1[nH]ncc1C(=O)O. The predicted octanol–water partition coefficient (Wildman–Crippen LogP) is -0.757. The maximum Gasteiger partial charge on any atom is 0.339 e. The number of tetrazole rings is 1. The molecule has 9 heteroatoms. The van der Waals surface area contributed by atoms with Gasteiger partial charge in [0, 0.05) is 7.05 Å².